The van der Waals surface area contributed by atoms with Crippen molar-refractivity contribution < 1.29 is 14.3 Å². The monoisotopic (exact) mass is 366 g/mol. The smallest absolute Gasteiger partial charge is 0.228 e. The van der Waals surface area contributed by atoms with Gasteiger partial charge in [-0.15, -0.1) is 0 Å². The fourth-order valence-electron chi connectivity index (χ4n) is 3.50. The van der Waals surface area contributed by atoms with E-state index in [1.807, 2.05) is 24.3 Å². The summed E-state index contributed by atoms with van der Waals surface area (Å²) >= 11 is 0. The van der Waals surface area contributed by atoms with Crippen LogP contribution >= 0.6 is 0 Å². The summed E-state index contributed by atoms with van der Waals surface area (Å²) in [6, 6.07) is 15.7. The minimum absolute atomic E-state index is 0.000293. The van der Waals surface area contributed by atoms with Gasteiger partial charge in [0.25, 0.3) is 0 Å². The molecule has 0 saturated carbocycles. The molecule has 5 nitrogen and oxygen atoms in total. The largest absolute Gasteiger partial charge is 0.495 e. The van der Waals surface area contributed by atoms with Crippen molar-refractivity contribution >= 4 is 17.5 Å². The number of aryl methyl sites for hydroxylation is 1. The van der Waals surface area contributed by atoms with Crippen LogP contribution in [0, 0.1) is 5.92 Å². The summed E-state index contributed by atoms with van der Waals surface area (Å²) in [6.45, 7) is 3.05. The fraction of sp³-hybridized carbons (Fsp3) is 0.364. The summed E-state index contributed by atoms with van der Waals surface area (Å²) in [4.78, 5) is 28.7. The molecule has 142 valence electrons. The molecular weight excluding hydrogens is 340 g/mol. The van der Waals surface area contributed by atoms with Crippen LogP contribution in [0.3, 0.4) is 0 Å². The zero-order valence-electron chi connectivity index (χ0n) is 16.1. The van der Waals surface area contributed by atoms with Crippen LogP contribution in [0.25, 0.3) is 0 Å². The Balaban J connectivity index is 1.67. The fourth-order valence-corrected chi connectivity index (χ4v) is 3.50. The number of carbonyl (C=O) groups is 2. The molecule has 1 heterocycles. The number of carbonyl (C=O) groups excluding carboxylic acids is 2. The number of nitrogens with zero attached hydrogens (tertiary/aromatic N) is 2. The maximum atomic E-state index is 12.9. The molecule has 0 N–H and O–H groups in total. The minimum Gasteiger partial charge on any atom is -0.495 e. The average Bonchev–Trinajstić information content (AvgIpc) is 3.09. The average molecular weight is 366 g/mol. The summed E-state index contributed by atoms with van der Waals surface area (Å²) in [6.07, 6.45) is 1.23. The van der Waals surface area contributed by atoms with E-state index in [1.54, 1.807) is 24.0 Å². The molecule has 27 heavy (non-hydrogen) atoms. The van der Waals surface area contributed by atoms with Crippen LogP contribution in [-0.4, -0.2) is 37.4 Å². The van der Waals surface area contributed by atoms with Crippen LogP contribution in [0.4, 0.5) is 5.69 Å². The second kappa shape index (κ2) is 8.25. The number of hydrogen-bond donors (Lipinski definition) is 0. The Morgan fingerprint density at radius 3 is 2.48 bits per heavy atom. The molecule has 2 aromatic carbocycles. The van der Waals surface area contributed by atoms with E-state index in [2.05, 4.69) is 31.2 Å². The molecule has 2 amide bonds. The third-order valence-corrected chi connectivity index (χ3v) is 5.08. The lowest BCUT2D eigenvalue weighted by Crippen LogP contribution is -2.34. The van der Waals surface area contributed by atoms with Gasteiger partial charge >= 0.3 is 0 Å². The Labute approximate surface area is 160 Å². The number of methoxy groups -OCH3 is 1. The molecule has 1 atom stereocenters. The first-order valence-electron chi connectivity index (χ1n) is 9.29. The first-order chi connectivity index (χ1) is 13.0. The van der Waals surface area contributed by atoms with Gasteiger partial charge in [-0.25, -0.2) is 0 Å². The van der Waals surface area contributed by atoms with Crippen molar-refractivity contribution in [3.63, 3.8) is 0 Å². The molecule has 1 fully saturated rings. The molecule has 0 aromatic heterocycles. The Morgan fingerprint density at radius 1 is 1.15 bits per heavy atom. The molecule has 0 aliphatic carbocycles. The van der Waals surface area contributed by atoms with Gasteiger partial charge in [-0.3, -0.25) is 9.59 Å². The summed E-state index contributed by atoms with van der Waals surface area (Å²) in [5.74, 6) is 0.268. The number of para-hydroxylation sites is 2. The Morgan fingerprint density at radius 2 is 1.81 bits per heavy atom. The zero-order valence-corrected chi connectivity index (χ0v) is 16.1. The SMILES string of the molecule is CCc1ccc(CN(C)C(=O)C2CC(=O)N(c3ccccc3OC)C2)cc1. The van der Waals surface area contributed by atoms with Crippen molar-refractivity contribution in [2.24, 2.45) is 5.92 Å². The van der Waals surface area contributed by atoms with Gasteiger partial charge in [0.2, 0.25) is 11.8 Å². The standard InChI is InChI=1S/C22H26N2O3/c1-4-16-9-11-17(12-10-16)14-23(2)22(26)18-13-21(25)24(15-18)19-7-5-6-8-20(19)27-3/h5-12,18H,4,13-15H2,1-3H3. The lowest BCUT2D eigenvalue weighted by atomic mass is 10.1. The molecule has 5 heteroatoms. The van der Waals surface area contributed by atoms with Gasteiger partial charge in [0.1, 0.15) is 5.75 Å². The van der Waals surface area contributed by atoms with Crippen molar-refractivity contribution in [3.8, 4) is 5.75 Å². The third kappa shape index (κ3) is 4.13. The second-order valence-corrected chi connectivity index (χ2v) is 6.94. The van der Waals surface area contributed by atoms with E-state index >= 15 is 0 Å². The van der Waals surface area contributed by atoms with Gasteiger partial charge < -0.3 is 14.5 Å². The van der Waals surface area contributed by atoms with Crippen LogP contribution in [0.15, 0.2) is 48.5 Å². The molecule has 0 radical (unpaired) electrons. The third-order valence-electron chi connectivity index (χ3n) is 5.08. The number of anilines is 1. The number of hydrogen-bond acceptors (Lipinski definition) is 3. The summed E-state index contributed by atoms with van der Waals surface area (Å²) in [5.41, 5.74) is 3.09. The Hall–Kier alpha value is -2.82. The maximum Gasteiger partial charge on any atom is 0.228 e. The molecule has 3 rings (SSSR count). The minimum atomic E-state index is -0.331. The molecule has 2 aromatic rings. The number of benzene rings is 2. The van der Waals surface area contributed by atoms with Crippen molar-refractivity contribution in [1.29, 1.82) is 0 Å². The van der Waals surface area contributed by atoms with E-state index in [0.717, 1.165) is 17.7 Å². The molecule has 1 unspecified atom stereocenters. The van der Waals surface area contributed by atoms with E-state index in [4.69, 9.17) is 4.74 Å². The van der Waals surface area contributed by atoms with E-state index in [1.165, 1.54) is 5.56 Å². The van der Waals surface area contributed by atoms with Crippen molar-refractivity contribution in [2.75, 3.05) is 25.6 Å². The molecule has 1 aliphatic rings. The second-order valence-electron chi connectivity index (χ2n) is 6.94. The predicted octanol–water partition coefficient (Wildman–Crippen LogP) is 3.27. The molecule has 0 spiro atoms. The van der Waals surface area contributed by atoms with Crippen LogP contribution in [0.5, 0.6) is 5.75 Å². The van der Waals surface area contributed by atoms with Gasteiger partial charge in [-0.05, 0) is 29.7 Å². The molecule has 1 aliphatic heterocycles. The van der Waals surface area contributed by atoms with Crippen molar-refractivity contribution in [1.82, 2.24) is 4.90 Å². The van der Waals surface area contributed by atoms with Crippen molar-refractivity contribution in [2.45, 2.75) is 26.3 Å². The van der Waals surface area contributed by atoms with Gasteiger partial charge in [0.05, 0.1) is 18.7 Å². The summed E-state index contributed by atoms with van der Waals surface area (Å²) < 4.78 is 5.36. The first kappa shape index (κ1) is 19.0. The number of rotatable bonds is 6. The predicted molar refractivity (Wildman–Crippen MR) is 106 cm³/mol. The van der Waals surface area contributed by atoms with E-state index in [0.29, 0.717) is 18.8 Å². The molecular formula is C22H26N2O3. The van der Waals surface area contributed by atoms with Gasteiger partial charge in [0, 0.05) is 26.6 Å². The van der Waals surface area contributed by atoms with Gasteiger partial charge in [-0.2, -0.15) is 0 Å². The van der Waals surface area contributed by atoms with E-state index < -0.39 is 0 Å². The van der Waals surface area contributed by atoms with E-state index in [-0.39, 0.29) is 24.2 Å². The normalized spacial score (nSPS) is 16.5. The Kier molecular flexibility index (Phi) is 5.79. The van der Waals surface area contributed by atoms with Crippen LogP contribution in [-0.2, 0) is 22.6 Å². The highest BCUT2D eigenvalue weighted by molar-refractivity contribution is 6.01. The first-order valence-corrected chi connectivity index (χ1v) is 9.29. The highest BCUT2D eigenvalue weighted by Gasteiger charge is 2.37. The maximum absolute atomic E-state index is 12.9. The highest BCUT2D eigenvalue weighted by Crippen LogP contribution is 2.33. The van der Waals surface area contributed by atoms with Crippen LogP contribution in [0.2, 0.25) is 0 Å². The summed E-state index contributed by atoms with van der Waals surface area (Å²) in [7, 11) is 3.38. The van der Waals surface area contributed by atoms with Crippen LogP contribution in [0.1, 0.15) is 24.5 Å². The van der Waals surface area contributed by atoms with Crippen molar-refractivity contribution in [3.05, 3.63) is 59.7 Å². The number of amides is 2. The lowest BCUT2D eigenvalue weighted by Gasteiger charge is -2.22. The topological polar surface area (TPSA) is 49.9 Å². The highest BCUT2D eigenvalue weighted by atomic mass is 16.5. The quantitative estimate of drug-likeness (QED) is 0.788. The number of ether oxygens (including phenoxy) is 1. The van der Waals surface area contributed by atoms with Crippen LogP contribution < -0.4 is 9.64 Å². The Bertz CT molecular complexity index is 817. The zero-order chi connectivity index (χ0) is 19.4. The van der Waals surface area contributed by atoms with Gasteiger partial charge in [-0.1, -0.05) is 43.3 Å². The molecule has 1 saturated heterocycles. The van der Waals surface area contributed by atoms with E-state index in [9.17, 15) is 9.59 Å². The lowest BCUT2D eigenvalue weighted by molar-refractivity contribution is -0.135. The van der Waals surface area contributed by atoms with Gasteiger partial charge in [0.15, 0.2) is 0 Å². The molecule has 0 bridgehead atoms. The summed E-state index contributed by atoms with van der Waals surface area (Å²) in [5, 5.41) is 0.